The van der Waals surface area contributed by atoms with Crippen molar-refractivity contribution in [3.63, 3.8) is 0 Å². The average molecular weight is 291 g/mol. The molecule has 21 heavy (non-hydrogen) atoms. The zero-order valence-electron chi connectivity index (χ0n) is 12.9. The number of rotatable bonds is 3. The minimum atomic E-state index is -0.0996. The fourth-order valence-corrected chi connectivity index (χ4v) is 3.60. The summed E-state index contributed by atoms with van der Waals surface area (Å²) in [4.78, 5) is 0. The van der Waals surface area contributed by atoms with Crippen molar-refractivity contribution >= 4 is 0 Å². The Hall–Kier alpha value is -1.10. The first-order valence-corrected chi connectivity index (χ1v) is 7.75. The maximum atomic E-state index is 6.59. The fraction of sp³-hybridized carbons (Fsp3) is 0.647. The number of hydrogen-bond acceptors (Lipinski definition) is 4. The van der Waals surface area contributed by atoms with E-state index >= 15 is 0 Å². The molecule has 1 spiro atoms. The van der Waals surface area contributed by atoms with Gasteiger partial charge in [-0.3, -0.25) is 0 Å². The monoisotopic (exact) mass is 291 g/mol. The molecule has 0 radical (unpaired) electrons. The van der Waals surface area contributed by atoms with Gasteiger partial charge in [0, 0.05) is 31.2 Å². The quantitative estimate of drug-likeness (QED) is 0.930. The molecule has 116 valence electrons. The van der Waals surface area contributed by atoms with E-state index in [9.17, 15) is 0 Å². The van der Waals surface area contributed by atoms with E-state index in [1.165, 1.54) is 5.56 Å². The lowest BCUT2D eigenvalue weighted by molar-refractivity contribution is -0.101. The van der Waals surface area contributed by atoms with E-state index in [0.29, 0.717) is 12.5 Å². The van der Waals surface area contributed by atoms with Crippen LogP contribution in [0.1, 0.15) is 36.4 Å². The summed E-state index contributed by atoms with van der Waals surface area (Å²) in [6, 6.07) is 6.21. The summed E-state index contributed by atoms with van der Waals surface area (Å²) in [5.41, 5.74) is 8.81. The second-order valence-electron chi connectivity index (χ2n) is 6.36. The van der Waals surface area contributed by atoms with Gasteiger partial charge in [-0.1, -0.05) is 17.7 Å². The Balaban J connectivity index is 1.81. The van der Waals surface area contributed by atoms with Crippen LogP contribution in [0.5, 0.6) is 5.75 Å². The van der Waals surface area contributed by atoms with Crippen LogP contribution in [-0.4, -0.2) is 32.5 Å². The van der Waals surface area contributed by atoms with Crippen molar-refractivity contribution in [2.75, 3.05) is 26.9 Å². The Bertz CT molecular complexity index is 497. The second-order valence-corrected chi connectivity index (χ2v) is 6.36. The van der Waals surface area contributed by atoms with Crippen LogP contribution in [0.2, 0.25) is 0 Å². The van der Waals surface area contributed by atoms with Crippen LogP contribution in [0.15, 0.2) is 18.2 Å². The third-order valence-corrected chi connectivity index (χ3v) is 4.85. The van der Waals surface area contributed by atoms with Crippen LogP contribution in [0.4, 0.5) is 0 Å². The summed E-state index contributed by atoms with van der Waals surface area (Å²) >= 11 is 0. The predicted octanol–water partition coefficient (Wildman–Crippen LogP) is 2.59. The van der Waals surface area contributed by atoms with Gasteiger partial charge < -0.3 is 19.9 Å². The van der Waals surface area contributed by atoms with Crippen molar-refractivity contribution in [1.82, 2.24) is 0 Å². The Morgan fingerprint density at radius 2 is 2.24 bits per heavy atom. The van der Waals surface area contributed by atoms with E-state index < -0.39 is 0 Å². The van der Waals surface area contributed by atoms with Crippen molar-refractivity contribution < 1.29 is 14.2 Å². The lowest BCUT2D eigenvalue weighted by Gasteiger charge is -2.39. The molecule has 2 heterocycles. The molecule has 4 nitrogen and oxygen atoms in total. The summed E-state index contributed by atoms with van der Waals surface area (Å²) in [5, 5.41) is 0. The SMILES string of the molecule is COc1ccc(C)cc1C(N)C1CCOC2(CCOC2)C1. The highest BCUT2D eigenvalue weighted by Gasteiger charge is 2.42. The normalized spacial score (nSPS) is 30.5. The summed E-state index contributed by atoms with van der Waals surface area (Å²) < 4.78 is 17.0. The summed E-state index contributed by atoms with van der Waals surface area (Å²) in [6.07, 6.45) is 2.96. The smallest absolute Gasteiger partial charge is 0.123 e. The number of methoxy groups -OCH3 is 1. The maximum Gasteiger partial charge on any atom is 0.123 e. The summed E-state index contributed by atoms with van der Waals surface area (Å²) in [7, 11) is 1.71. The molecule has 3 rings (SSSR count). The van der Waals surface area contributed by atoms with Gasteiger partial charge in [0.15, 0.2) is 0 Å². The van der Waals surface area contributed by atoms with E-state index in [4.69, 9.17) is 19.9 Å². The standard InChI is InChI=1S/C17H25NO3/c1-12-3-4-15(19-2)14(9-12)16(18)13-5-7-21-17(10-13)6-8-20-11-17/h3-4,9,13,16H,5-8,10-11,18H2,1-2H3. The number of ether oxygens (including phenoxy) is 3. The van der Waals surface area contributed by atoms with Crippen LogP contribution in [0.3, 0.4) is 0 Å². The molecule has 0 saturated carbocycles. The molecule has 2 aliphatic heterocycles. The van der Waals surface area contributed by atoms with Crippen LogP contribution in [-0.2, 0) is 9.47 Å². The number of hydrogen-bond donors (Lipinski definition) is 1. The molecule has 0 bridgehead atoms. The molecule has 0 amide bonds. The van der Waals surface area contributed by atoms with Gasteiger partial charge in [-0.05, 0) is 31.7 Å². The van der Waals surface area contributed by atoms with Gasteiger partial charge in [0.1, 0.15) is 5.75 Å². The molecule has 3 atom stereocenters. The van der Waals surface area contributed by atoms with E-state index in [2.05, 4.69) is 19.1 Å². The largest absolute Gasteiger partial charge is 0.496 e. The van der Waals surface area contributed by atoms with Gasteiger partial charge in [0.25, 0.3) is 0 Å². The Morgan fingerprint density at radius 3 is 2.95 bits per heavy atom. The lowest BCUT2D eigenvalue weighted by Crippen LogP contribution is -2.43. The van der Waals surface area contributed by atoms with Crippen molar-refractivity contribution in [2.45, 2.75) is 37.8 Å². The van der Waals surface area contributed by atoms with E-state index in [0.717, 1.165) is 43.8 Å². The van der Waals surface area contributed by atoms with Gasteiger partial charge in [-0.15, -0.1) is 0 Å². The maximum absolute atomic E-state index is 6.59. The van der Waals surface area contributed by atoms with E-state index in [1.54, 1.807) is 7.11 Å². The molecular formula is C17H25NO3. The molecular weight excluding hydrogens is 266 g/mol. The lowest BCUT2D eigenvalue weighted by atomic mass is 9.79. The minimum absolute atomic E-state index is 0.0128. The molecule has 1 aromatic rings. The van der Waals surface area contributed by atoms with Crippen molar-refractivity contribution in [3.8, 4) is 5.75 Å². The molecule has 2 saturated heterocycles. The third kappa shape index (κ3) is 2.93. The zero-order chi connectivity index (χ0) is 14.9. The molecule has 3 unspecified atom stereocenters. The number of benzene rings is 1. The van der Waals surface area contributed by atoms with Crippen molar-refractivity contribution in [2.24, 2.45) is 11.7 Å². The van der Waals surface area contributed by atoms with Crippen LogP contribution >= 0.6 is 0 Å². The molecule has 2 N–H and O–H groups in total. The van der Waals surface area contributed by atoms with Gasteiger partial charge >= 0.3 is 0 Å². The Morgan fingerprint density at radius 1 is 1.38 bits per heavy atom. The minimum Gasteiger partial charge on any atom is -0.496 e. The Kier molecular flexibility index (Phi) is 4.20. The van der Waals surface area contributed by atoms with Gasteiger partial charge in [-0.2, -0.15) is 0 Å². The fourth-order valence-electron chi connectivity index (χ4n) is 3.60. The Labute approximate surface area is 126 Å². The van der Waals surface area contributed by atoms with Crippen LogP contribution in [0.25, 0.3) is 0 Å². The first kappa shape index (κ1) is 14.8. The first-order valence-electron chi connectivity index (χ1n) is 7.75. The first-order chi connectivity index (χ1) is 10.1. The molecule has 1 aromatic carbocycles. The molecule has 4 heteroatoms. The molecule has 0 aromatic heterocycles. The van der Waals surface area contributed by atoms with Crippen molar-refractivity contribution in [1.29, 1.82) is 0 Å². The highest BCUT2D eigenvalue weighted by Crippen LogP contribution is 2.41. The van der Waals surface area contributed by atoms with Crippen LogP contribution < -0.4 is 10.5 Å². The number of nitrogens with two attached hydrogens (primary N) is 1. The molecule has 2 aliphatic rings. The van der Waals surface area contributed by atoms with Gasteiger partial charge in [0.05, 0.1) is 19.3 Å². The average Bonchev–Trinajstić information content (AvgIpc) is 2.94. The third-order valence-electron chi connectivity index (χ3n) is 4.85. The topological polar surface area (TPSA) is 53.7 Å². The molecule has 2 fully saturated rings. The highest BCUT2D eigenvalue weighted by molar-refractivity contribution is 5.39. The highest BCUT2D eigenvalue weighted by atomic mass is 16.6. The second kappa shape index (κ2) is 5.95. The number of aryl methyl sites for hydroxylation is 1. The van der Waals surface area contributed by atoms with Gasteiger partial charge in [-0.25, -0.2) is 0 Å². The van der Waals surface area contributed by atoms with E-state index in [-0.39, 0.29) is 11.6 Å². The summed E-state index contributed by atoms with van der Waals surface area (Å²) in [5.74, 6) is 1.30. The van der Waals surface area contributed by atoms with Crippen LogP contribution in [0, 0.1) is 12.8 Å². The van der Waals surface area contributed by atoms with E-state index in [1.807, 2.05) is 6.07 Å². The van der Waals surface area contributed by atoms with Crippen molar-refractivity contribution in [3.05, 3.63) is 29.3 Å². The summed E-state index contributed by atoms with van der Waals surface area (Å²) in [6.45, 7) is 4.37. The van der Waals surface area contributed by atoms with Gasteiger partial charge in [0.2, 0.25) is 0 Å². The zero-order valence-corrected chi connectivity index (χ0v) is 12.9. The predicted molar refractivity (Wildman–Crippen MR) is 81.5 cm³/mol. The molecule has 0 aliphatic carbocycles.